The smallest absolute Gasteiger partial charge is 0.259 e. The molecule has 0 atom stereocenters. The lowest BCUT2D eigenvalue weighted by atomic mass is 10.3. The molecule has 0 saturated heterocycles. The standard InChI is InChI=1S/C11H6Cl2N3O2S/c12-7-2-1-6(3-8(7)13)18-16-9(4-17)10-5-19-11(14)15-10/h1-3,5H,(H2,14,15)/b16-9+. The summed E-state index contributed by atoms with van der Waals surface area (Å²) in [7, 11) is 0. The largest absolute Gasteiger partial charge is 0.375 e. The van der Waals surface area contributed by atoms with Crippen molar-refractivity contribution in [2.24, 2.45) is 5.16 Å². The highest BCUT2D eigenvalue weighted by Gasteiger charge is 2.09. The van der Waals surface area contributed by atoms with Crippen molar-refractivity contribution in [2.45, 2.75) is 0 Å². The zero-order valence-electron chi connectivity index (χ0n) is 9.26. The molecule has 0 unspecified atom stereocenters. The minimum absolute atomic E-state index is 0.0842. The first-order valence-electron chi connectivity index (χ1n) is 4.89. The van der Waals surface area contributed by atoms with Gasteiger partial charge in [-0.25, -0.2) is 4.98 Å². The van der Waals surface area contributed by atoms with E-state index >= 15 is 0 Å². The van der Waals surface area contributed by atoms with Crippen LogP contribution in [-0.4, -0.2) is 17.0 Å². The van der Waals surface area contributed by atoms with Gasteiger partial charge in [0, 0.05) is 11.4 Å². The van der Waals surface area contributed by atoms with Crippen molar-refractivity contribution in [3.63, 3.8) is 0 Å². The quantitative estimate of drug-likeness (QED) is 0.695. The fraction of sp³-hybridized carbons (Fsp3) is 0. The van der Waals surface area contributed by atoms with Crippen molar-refractivity contribution in [1.82, 2.24) is 4.98 Å². The first kappa shape index (κ1) is 13.8. The summed E-state index contributed by atoms with van der Waals surface area (Å²) < 4.78 is 0. The van der Waals surface area contributed by atoms with Crippen LogP contribution < -0.4 is 10.6 Å². The van der Waals surface area contributed by atoms with E-state index < -0.39 is 0 Å². The van der Waals surface area contributed by atoms with Crippen LogP contribution in [0.1, 0.15) is 5.69 Å². The number of hydrogen-bond acceptors (Lipinski definition) is 6. The predicted molar refractivity (Wildman–Crippen MR) is 75.8 cm³/mol. The summed E-state index contributed by atoms with van der Waals surface area (Å²) in [6.45, 7) is 0. The van der Waals surface area contributed by atoms with E-state index in [0.29, 0.717) is 26.6 Å². The van der Waals surface area contributed by atoms with Crippen LogP contribution in [0, 0.1) is 0 Å². The highest BCUT2D eigenvalue weighted by molar-refractivity contribution is 7.13. The van der Waals surface area contributed by atoms with E-state index in [1.807, 2.05) is 0 Å². The fourth-order valence-electron chi connectivity index (χ4n) is 1.15. The molecule has 2 N–H and O–H groups in total. The Balaban J connectivity index is 2.20. The average Bonchev–Trinajstić information content (AvgIpc) is 2.81. The molecule has 0 aliphatic carbocycles. The van der Waals surface area contributed by atoms with E-state index in [1.165, 1.54) is 17.4 Å². The van der Waals surface area contributed by atoms with Gasteiger partial charge in [-0.15, -0.1) is 11.3 Å². The van der Waals surface area contributed by atoms with Gasteiger partial charge in [-0.2, -0.15) is 0 Å². The minimum atomic E-state index is -0.0842. The molecule has 0 saturated carbocycles. The number of nitrogen functional groups attached to an aromatic ring is 1. The number of halogens is 2. The van der Waals surface area contributed by atoms with E-state index in [-0.39, 0.29) is 5.71 Å². The molecule has 1 aromatic heterocycles. The van der Waals surface area contributed by atoms with Gasteiger partial charge in [0.2, 0.25) is 0 Å². The molecular weight excluding hydrogens is 309 g/mol. The molecule has 5 nitrogen and oxygen atoms in total. The molecule has 1 heterocycles. The number of benzene rings is 1. The molecule has 0 spiro atoms. The van der Waals surface area contributed by atoms with Gasteiger partial charge in [-0.05, 0) is 12.1 Å². The van der Waals surface area contributed by atoms with Gasteiger partial charge in [0.05, 0.1) is 10.0 Å². The monoisotopic (exact) mass is 314 g/mol. The molecule has 2 rings (SSSR count). The molecule has 0 aliphatic heterocycles. The molecule has 1 aromatic carbocycles. The van der Waals surface area contributed by atoms with Crippen molar-refractivity contribution in [2.75, 3.05) is 5.73 Å². The summed E-state index contributed by atoms with van der Waals surface area (Å²) in [6.07, 6.45) is 1.63. The number of anilines is 1. The lowest BCUT2D eigenvalue weighted by Gasteiger charge is -2.00. The number of thiazole rings is 1. The summed E-state index contributed by atoms with van der Waals surface area (Å²) in [5.74, 6) is 0.338. The number of rotatable bonds is 4. The second-order valence-electron chi connectivity index (χ2n) is 3.28. The number of oxime groups is 1. The van der Waals surface area contributed by atoms with Gasteiger partial charge >= 0.3 is 0 Å². The number of hydrogen-bond donors (Lipinski definition) is 1. The molecule has 0 aliphatic rings. The minimum Gasteiger partial charge on any atom is -0.375 e. The number of nitrogens with zero attached hydrogens (tertiary/aromatic N) is 2. The van der Waals surface area contributed by atoms with Crippen molar-refractivity contribution in [3.05, 3.63) is 39.3 Å². The van der Waals surface area contributed by atoms with Gasteiger partial charge < -0.3 is 10.6 Å². The third-order valence-electron chi connectivity index (χ3n) is 1.99. The summed E-state index contributed by atoms with van der Waals surface area (Å²) >= 11 is 12.8. The Labute approximate surface area is 122 Å². The van der Waals surface area contributed by atoms with Crippen LogP contribution in [0.5, 0.6) is 5.75 Å². The van der Waals surface area contributed by atoms with Crippen LogP contribution in [0.4, 0.5) is 5.13 Å². The topological polar surface area (TPSA) is 77.6 Å². The second kappa shape index (κ2) is 6.01. The zero-order chi connectivity index (χ0) is 13.8. The average molecular weight is 315 g/mol. The van der Waals surface area contributed by atoms with Crippen LogP contribution >= 0.6 is 34.5 Å². The molecular formula is C11H6Cl2N3O2S. The summed E-state index contributed by atoms with van der Waals surface area (Å²) in [4.78, 5) is 19.8. The van der Waals surface area contributed by atoms with Gasteiger partial charge in [0.1, 0.15) is 5.69 Å². The van der Waals surface area contributed by atoms with Crippen LogP contribution in [0.2, 0.25) is 10.0 Å². The van der Waals surface area contributed by atoms with Crippen molar-refractivity contribution >= 4 is 51.7 Å². The Morgan fingerprint density at radius 2 is 2.21 bits per heavy atom. The van der Waals surface area contributed by atoms with Gasteiger partial charge in [0.15, 0.2) is 16.6 Å². The predicted octanol–water partition coefficient (Wildman–Crippen LogP) is 2.92. The third kappa shape index (κ3) is 3.44. The van der Waals surface area contributed by atoms with Crippen LogP contribution in [0.3, 0.4) is 0 Å². The Morgan fingerprint density at radius 3 is 2.79 bits per heavy atom. The third-order valence-corrected chi connectivity index (χ3v) is 3.41. The first-order chi connectivity index (χ1) is 9.10. The molecule has 97 valence electrons. The van der Waals surface area contributed by atoms with Crippen LogP contribution in [-0.2, 0) is 4.79 Å². The molecule has 0 fully saturated rings. The Hall–Kier alpha value is -1.63. The SMILES string of the molecule is Nc1nc(/C([C]=O)=N/Oc2ccc(Cl)c(Cl)c2)cs1. The number of aromatic nitrogens is 1. The van der Waals surface area contributed by atoms with E-state index in [2.05, 4.69) is 10.1 Å². The van der Waals surface area contributed by atoms with E-state index in [1.54, 1.807) is 23.8 Å². The normalized spacial score (nSPS) is 11.4. The Kier molecular flexibility index (Phi) is 4.36. The maximum atomic E-state index is 10.8. The fourth-order valence-corrected chi connectivity index (χ4v) is 1.98. The van der Waals surface area contributed by atoms with Crippen molar-refractivity contribution in [1.29, 1.82) is 0 Å². The summed E-state index contributed by atoms with van der Waals surface area (Å²) in [6, 6.07) is 4.60. The highest BCUT2D eigenvalue weighted by Crippen LogP contribution is 2.26. The van der Waals surface area contributed by atoms with Crippen molar-refractivity contribution < 1.29 is 9.63 Å². The van der Waals surface area contributed by atoms with E-state index in [0.717, 1.165) is 0 Å². The summed E-state index contributed by atoms with van der Waals surface area (Å²) in [5, 5.41) is 6.27. The van der Waals surface area contributed by atoms with Gasteiger partial charge in [-0.1, -0.05) is 28.4 Å². The molecule has 2 aromatic rings. The first-order valence-corrected chi connectivity index (χ1v) is 6.53. The Bertz CT molecular complexity index is 643. The number of carbonyl (C=O) groups excluding carboxylic acids is 1. The molecule has 1 radical (unpaired) electrons. The van der Waals surface area contributed by atoms with E-state index in [9.17, 15) is 4.79 Å². The highest BCUT2D eigenvalue weighted by atomic mass is 35.5. The maximum absolute atomic E-state index is 10.8. The van der Waals surface area contributed by atoms with Crippen molar-refractivity contribution in [3.8, 4) is 5.75 Å². The maximum Gasteiger partial charge on any atom is 0.259 e. The van der Waals surface area contributed by atoms with Crippen LogP contribution in [0.15, 0.2) is 28.7 Å². The lowest BCUT2D eigenvalue weighted by Crippen LogP contribution is -2.05. The molecule has 0 amide bonds. The number of nitrogens with two attached hydrogens (primary N) is 1. The van der Waals surface area contributed by atoms with Gasteiger partial charge in [0.25, 0.3) is 6.29 Å². The second-order valence-corrected chi connectivity index (χ2v) is 4.98. The lowest BCUT2D eigenvalue weighted by molar-refractivity contribution is 0.342. The summed E-state index contributed by atoms with van der Waals surface area (Å²) in [5.41, 5.74) is 5.68. The molecule has 8 heteroatoms. The van der Waals surface area contributed by atoms with Crippen LogP contribution in [0.25, 0.3) is 0 Å². The van der Waals surface area contributed by atoms with E-state index in [4.69, 9.17) is 33.8 Å². The molecule has 19 heavy (non-hydrogen) atoms. The molecule has 0 bridgehead atoms. The Morgan fingerprint density at radius 1 is 1.42 bits per heavy atom. The van der Waals surface area contributed by atoms with Gasteiger partial charge in [-0.3, -0.25) is 4.79 Å². The zero-order valence-corrected chi connectivity index (χ0v) is 11.6.